The summed E-state index contributed by atoms with van der Waals surface area (Å²) in [6, 6.07) is 4.88. The third-order valence-corrected chi connectivity index (χ3v) is 4.01. The highest BCUT2D eigenvalue weighted by Crippen LogP contribution is 2.30. The Morgan fingerprint density at radius 2 is 2.10 bits per heavy atom. The van der Waals surface area contributed by atoms with Crippen LogP contribution in [0.2, 0.25) is 0 Å². The Labute approximate surface area is 123 Å². The maximum Gasteiger partial charge on any atom is 0.308 e. The summed E-state index contributed by atoms with van der Waals surface area (Å²) >= 11 is 0. The van der Waals surface area contributed by atoms with Crippen LogP contribution in [0.3, 0.4) is 0 Å². The second kappa shape index (κ2) is 6.22. The monoisotopic (exact) mass is 292 g/mol. The Balaban J connectivity index is 2.18. The fourth-order valence-corrected chi connectivity index (χ4v) is 2.78. The molecule has 1 amide bonds. The van der Waals surface area contributed by atoms with E-state index in [1.165, 1.54) is 0 Å². The Morgan fingerprint density at radius 1 is 1.38 bits per heavy atom. The number of nitrogens with zero attached hydrogens (tertiary/aromatic N) is 2. The van der Waals surface area contributed by atoms with Crippen molar-refractivity contribution in [1.29, 1.82) is 0 Å². The number of carboxylic acid groups (broad SMARTS) is 1. The second-order valence-corrected chi connectivity index (χ2v) is 5.74. The smallest absolute Gasteiger partial charge is 0.308 e. The van der Waals surface area contributed by atoms with Gasteiger partial charge in [-0.3, -0.25) is 9.59 Å². The molecular formula is C15H20N2O4. The zero-order valence-corrected chi connectivity index (χ0v) is 12.2. The molecule has 0 bridgehead atoms. The Kier molecular flexibility index (Phi) is 4.57. The minimum Gasteiger partial charge on any atom is -0.481 e. The number of carbonyl (C=O) groups is 2. The zero-order valence-electron chi connectivity index (χ0n) is 12.2. The lowest BCUT2D eigenvalue weighted by atomic mass is 9.86. The summed E-state index contributed by atoms with van der Waals surface area (Å²) in [5, 5.41) is 18.4. The molecule has 114 valence electrons. The van der Waals surface area contributed by atoms with Gasteiger partial charge in [-0.2, -0.15) is 0 Å². The standard InChI is InChI=1S/C15H20N2O4/c1-9(2)11-6-17(7-12(11)15(20)21)14(19)13-5-3-4-10(8-18)16-13/h3-5,9,11-12,18H,6-8H2,1-2H3,(H,20,21)/t11-,12+/m0/s1. The van der Waals surface area contributed by atoms with Crippen LogP contribution in [-0.2, 0) is 11.4 Å². The van der Waals surface area contributed by atoms with Gasteiger partial charge in [-0.15, -0.1) is 0 Å². The van der Waals surface area contributed by atoms with E-state index in [1.54, 1.807) is 23.1 Å². The van der Waals surface area contributed by atoms with Crippen LogP contribution in [0, 0.1) is 17.8 Å². The molecule has 0 unspecified atom stereocenters. The van der Waals surface area contributed by atoms with E-state index in [-0.39, 0.29) is 36.6 Å². The highest BCUT2D eigenvalue weighted by atomic mass is 16.4. The molecule has 6 nitrogen and oxygen atoms in total. The Bertz CT molecular complexity index is 544. The van der Waals surface area contributed by atoms with Crippen LogP contribution in [0.4, 0.5) is 0 Å². The highest BCUT2D eigenvalue weighted by Gasteiger charge is 2.41. The summed E-state index contributed by atoms with van der Waals surface area (Å²) in [7, 11) is 0. The molecule has 0 saturated carbocycles. The van der Waals surface area contributed by atoms with Crippen molar-refractivity contribution in [3.63, 3.8) is 0 Å². The van der Waals surface area contributed by atoms with Gasteiger partial charge in [0, 0.05) is 13.1 Å². The number of aliphatic hydroxyl groups is 1. The molecule has 1 saturated heterocycles. The fraction of sp³-hybridized carbons (Fsp3) is 0.533. The van der Waals surface area contributed by atoms with Gasteiger partial charge in [0.25, 0.3) is 5.91 Å². The zero-order chi connectivity index (χ0) is 15.6. The number of likely N-dealkylation sites (tertiary alicyclic amines) is 1. The summed E-state index contributed by atoms with van der Waals surface area (Å²) < 4.78 is 0. The number of carbonyl (C=O) groups excluding carboxylic acids is 1. The lowest BCUT2D eigenvalue weighted by Crippen LogP contribution is -2.30. The SMILES string of the molecule is CC(C)[C@@H]1CN(C(=O)c2cccc(CO)n2)C[C@H]1C(=O)O. The molecule has 6 heteroatoms. The maximum absolute atomic E-state index is 12.4. The number of aliphatic hydroxyl groups excluding tert-OH is 1. The lowest BCUT2D eigenvalue weighted by Gasteiger charge is -2.18. The number of amides is 1. The average molecular weight is 292 g/mol. The van der Waals surface area contributed by atoms with E-state index >= 15 is 0 Å². The molecule has 1 aromatic rings. The van der Waals surface area contributed by atoms with E-state index in [1.807, 2.05) is 13.8 Å². The Hall–Kier alpha value is -1.95. The average Bonchev–Trinajstić information content (AvgIpc) is 2.92. The molecule has 21 heavy (non-hydrogen) atoms. The van der Waals surface area contributed by atoms with E-state index in [9.17, 15) is 14.7 Å². The number of hydrogen-bond acceptors (Lipinski definition) is 4. The maximum atomic E-state index is 12.4. The number of rotatable bonds is 4. The first kappa shape index (κ1) is 15.4. The van der Waals surface area contributed by atoms with E-state index in [0.29, 0.717) is 12.2 Å². The Morgan fingerprint density at radius 3 is 2.62 bits per heavy atom. The third kappa shape index (κ3) is 3.21. The van der Waals surface area contributed by atoms with Gasteiger partial charge < -0.3 is 15.1 Å². The quantitative estimate of drug-likeness (QED) is 0.864. The molecule has 1 aliphatic rings. The first-order chi connectivity index (χ1) is 9.93. The normalized spacial score (nSPS) is 21.8. The molecular weight excluding hydrogens is 272 g/mol. The molecule has 1 fully saturated rings. The van der Waals surface area contributed by atoms with Crippen LogP contribution >= 0.6 is 0 Å². The number of aromatic nitrogens is 1. The van der Waals surface area contributed by atoms with Crippen LogP contribution in [0.1, 0.15) is 30.0 Å². The first-order valence-corrected chi connectivity index (χ1v) is 7.03. The summed E-state index contributed by atoms with van der Waals surface area (Å²) in [5.74, 6) is -1.52. The van der Waals surface area contributed by atoms with Gasteiger partial charge in [0.05, 0.1) is 18.2 Å². The minimum atomic E-state index is -0.860. The van der Waals surface area contributed by atoms with Gasteiger partial charge in [0.1, 0.15) is 5.69 Å². The van der Waals surface area contributed by atoms with Crippen molar-refractivity contribution in [1.82, 2.24) is 9.88 Å². The van der Waals surface area contributed by atoms with E-state index in [4.69, 9.17) is 5.11 Å². The van der Waals surface area contributed by atoms with Gasteiger partial charge >= 0.3 is 5.97 Å². The van der Waals surface area contributed by atoms with Crippen LogP contribution in [0.25, 0.3) is 0 Å². The van der Waals surface area contributed by atoms with Crippen molar-refractivity contribution in [3.8, 4) is 0 Å². The topological polar surface area (TPSA) is 90.7 Å². The second-order valence-electron chi connectivity index (χ2n) is 5.74. The molecule has 2 heterocycles. The molecule has 1 aliphatic heterocycles. The van der Waals surface area contributed by atoms with Gasteiger partial charge in [0.2, 0.25) is 0 Å². The van der Waals surface area contributed by atoms with Crippen LogP contribution < -0.4 is 0 Å². The van der Waals surface area contributed by atoms with Crippen LogP contribution in [0.5, 0.6) is 0 Å². The molecule has 2 rings (SSSR count). The van der Waals surface area contributed by atoms with Crippen molar-refractivity contribution in [2.24, 2.45) is 17.8 Å². The summed E-state index contributed by atoms with van der Waals surface area (Å²) in [6.45, 7) is 4.35. The first-order valence-electron chi connectivity index (χ1n) is 7.03. The highest BCUT2D eigenvalue weighted by molar-refractivity contribution is 5.93. The molecule has 0 aliphatic carbocycles. The van der Waals surface area contributed by atoms with E-state index in [2.05, 4.69) is 4.98 Å². The third-order valence-electron chi connectivity index (χ3n) is 4.01. The number of carboxylic acids is 1. The number of aliphatic carboxylic acids is 1. The van der Waals surface area contributed by atoms with Crippen LogP contribution in [-0.4, -0.2) is 45.1 Å². The molecule has 0 aromatic carbocycles. The van der Waals surface area contributed by atoms with Crippen molar-refractivity contribution < 1.29 is 19.8 Å². The molecule has 2 atom stereocenters. The van der Waals surface area contributed by atoms with Crippen molar-refractivity contribution in [2.75, 3.05) is 13.1 Å². The van der Waals surface area contributed by atoms with Crippen molar-refractivity contribution >= 4 is 11.9 Å². The molecule has 2 N–H and O–H groups in total. The number of hydrogen-bond donors (Lipinski definition) is 2. The molecule has 0 spiro atoms. The molecule has 0 radical (unpaired) electrons. The largest absolute Gasteiger partial charge is 0.481 e. The van der Waals surface area contributed by atoms with Crippen molar-refractivity contribution in [3.05, 3.63) is 29.6 Å². The van der Waals surface area contributed by atoms with Gasteiger partial charge in [0.15, 0.2) is 0 Å². The molecule has 1 aromatic heterocycles. The van der Waals surface area contributed by atoms with Gasteiger partial charge in [-0.25, -0.2) is 4.98 Å². The van der Waals surface area contributed by atoms with Crippen molar-refractivity contribution in [2.45, 2.75) is 20.5 Å². The predicted octanol–water partition coefficient (Wildman–Crippen LogP) is 1.00. The predicted molar refractivity (Wildman–Crippen MR) is 75.5 cm³/mol. The minimum absolute atomic E-state index is 0.0486. The lowest BCUT2D eigenvalue weighted by molar-refractivity contribution is -0.142. The van der Waals surface area contributed by atoms with Gasteiger partial charge in [-0.1, -0.05) is 19.9 Å². The van der Waals surface area contributed by atoms with Gasteiger partial charge in [-0.05, 0) is 24.0 Å². The fourth-order valence-electron chi connectivity index (χ4n) is 2.78. The number of pyridine rings is 1. The summed E-state index contributed by atoms with van der Waals surface area (Å²) in [5.41, 5.74) is 0.672. The van der Waals surface area contributed by atoms with E-state index in [0.717, 1.165) is 0 Å². The van der Waals surface area contributed by atoms with Crippen LogP contribution in [0.15, 0.2) is 18.2 Å². The summed E-state index contributed by atoms with van der Waals surface area (Å²) in [4.78, 5) is 29.4. The summed E-state index contributed by atoms with van der Waals surface area (Å²) in [6.07, 6.45) is 0. The van der Waals surface area contributed by atoms with E-state index < -0.39 is 11.9 Å².